The lowest BCUT2D eigenvalue weighted by molar-refractivity contribution is -0.122. The third-order valence-electron chi connectivity index (χ3n) is 3.45. The number of anilines is 1. The molecule has 5 heteroatoms. The highest BCUT2D eigenvalue weighted by Crippen LogP contribution is 2.15. The summed E-state index contributed by atoms with van der Waals surface area (Å²) in [4.78, 5) is 24.3. The topological polar surface area (TPSA) is 70.2 Å². The number of carbonyl (C=O) groups excluding carboxylic acids is 2. The first-order valence-corrected chi connectivity index (χ1v) is 7.24. The molecule has 2 rings (SSSR count). The van der Waals surface area contributed by atoms with Crippen molar-refractivity contribution in [2.75, 3.05) is 18.4 Å². The van der Waals surface area contributed by atoms with E-state index < -0.39 is 6.04 Å². The lowest BCUT2D eigenvalue weighted by Crippen LogP contribution is -2.45. The molecule has 1 aliphatic heterocycles. The number of rotatable bonds is 5. The minimum atomic E-state index is -0.451. The average Bonchev–Trinajstić information content (AvgIpc) is 2.70. The summed E-state index contributed by atoms with van der Waals surface area (Å²) in [7, 11) is 0. The molecule has 112 valence electrons. The highest BCUT2D eigenvalue weighted by Gasteiger charge is 2.23. The predicted molar refractivity (Wildman–Crippen MR) is 83.2 cm³/mol. The first kappa shape index (κ1) is 15.1. The van der Waals surface area contributed by atoms with Gasteiger partial charge in [0.25, 0.3) is 5.91 Å². The van der Waals surface area contributed by atoms with Crippen LogP contribution < -0.4 is 16.0 Å². The van der Waals surface area contributed by atoms with E-state index in [-0.39, 0.29) is 11.8 Å². The molecule has 2 amide bonds. The van der Waals surface area contributed by atoms with Crippen molar-refractivity contribution < 1.29 is 9.59 Å². The van der Waals surface area contributed by atoms with Crippen molar-refractivity contribution in [1.82, 2.24) is 10.6 Å². The van der Waals surface area contributed by atoms with Gasteiger partial charge in [0, 0.05) is 18.8 Å². The van der Waals surface area contributed by atoms with Crippen molar-refractivity contribution in [1.29, 1.82) is 0 Å². The first-order chi connectivity index (χ1) is 10.2. The maximum atomic E-state index is 12.4. The summed E-state index contributed by atoms with van der Waals surface area (Å²) in [6.07, 6.45) is 4.29. The van der Waals surface area contributed by atoms with Gasteiger partial charge in [-0.25, -0.2) is 0 Å². The monoisotopic (exact) mass is 287 g/mol. The normalized spacial score (nSPS) is 18.3. The number of carbonyl (C=O) groups is 2. The zero-order valence-electron chi connectivity index (χ0n) is 12.0. The van der Waals surface area contributed by atoms with Gasteiger partial charge in [-0.1, -0.05) is 18.2 Å². The molecule has 0 bridgehead atoms. The van der Waals surface area contributed by atoms with E-state index in [0.717, 1.165) is 18.5 Å². The van der Waals surface area contributed by atoms with E-state index in [0.29, 0.717) is 25.1 Å². The van der Waals surface area contributed by atoms with Gasteiger partial charge in [0.05, 0.1) is 5.56 Å². The maximum Gasteiger partial charge on any atom is 0.254 e. The molecule has 5 nitrogen and oxygen atoms in total. The van der Waals surface area contributed by atoms with Crippen LogP contribution in [-0.4, -0.2) is 30.9 Å². The second kappa shape index (κ2) is 7.47. The summed E-state index contributed by atoms with van der Waals surface area (Å²) in [5.41, 5.74) is 1.28. The Kier molecular flexibility index (Phi) is 5.37. The molecule has 3 N–H and O–H groups in total. The van der Waals surface area contributed by atoms with E-state index in [1.165, 1.54) is 0 Å². The molecule has 1 aliphatic rings. The minimum Gasteiger partial charge on any atom is -0.381 e. The third kappa shape index (κ3) is 4.08. The quantitative estimate of drug-likeness (QED) is 0.722. The number of amides is 2. The lowest BCUT2D eigenvalue weighted by atomic mass is 10.1. The molecule has 0 saturated carbocycles. The second-order valence-corrected chi connectivity index (χ2v) is 5.03. The van der Waals surface area contributed by atoms with Gasteiger partial charge in [-0.2, -0.15) is 0 Å². The van der Waals surface area contributed by atoms with Gasteiger partial charge in [0.2, 0.25) is 5.91 Å². The number of para-hydroxylation sites is 1. The van der Waals surface area contributed by atoms with Gasteiger partial charge in [0.15, 0.2) is 0 Å². The van der Waals surface area contributed by atoms with Crippen LogP contribution in [0.4, 0.5) is 5.69 Å². The Labute approximate surface area is 124 Å². The molecule has 1 fully saturated rings. The molecule has 1 atom stereocenters. The molecule has 0 unspecified atom stereocenters. The smallest absolute Gasteiger partial charge is 0.254 e. The fourth-order valence-electron chi connectivity index (χ4n) is 2.33. The second-order valence-electron chi connectivity index (χ2n) is 5.03. The van der Waals surface area contributed by atoms with Crippen molar-refractivity contribution in [2.45, 2.75) is 25.3 Å². The van der Waals surface area contributed by atoms with E-state index >= 15 is 0 Å². The Bertz CT molecular complexity index is 528. The van der Waals surface area contributed by atoms with Crippen LogP contribution in [0.2, 0.25) is 0 Å². The van der Waals surface area contributed by atoms with Crippen molar-refractivity contribution >= 4 is 17.5 Å². The molecule has 1 aromatic rings. The van der Waals surface area contributed by atoms with Gasteiger partial charge in [-0.3, -0.25) is 9.59 Å². The van der Waals surface area contributed by atoms with Crippen LogP contribution in [-0.2, 0) is 4.79 Å². The highest BCUT2D eigenvalue weighted by molar-refractivity contribution is 6.01. The Morgan fingerprint density at radius 3 is 3.00 bits per heavy atom. The summed E-state index contributed by atoms with van der Waals surface area (Å²) in [5.74, 6) is -0.332. The fraction of sp³-hybridized carbons (Fsp3) is 0.375. The van der Waals surface area contributed by atoms with Crippen LogP contribution in [0.5, 0.6) is 0 Å². The summed E-state index contributed by atoms with van der Waals surface area (Å²) >= 11 is 0. The predicted octanol–water partition coefficient (Wildman–Crippen LogP) is 1.68. The Balaban J connectivity index is 2.08. The molecule has 0 aliphatic carbocycles. The largest absolute Gasteiger partial charge is 0.381 e. The van der Waals surface area contributed by atoms with Crippen LogP contribution in [0.3, 0.4) is 0 Å². The number of hydrogen-bond acceptors (Lipinski definition) is 3. The maximum absolute atomic E-state index is 12.4. The average molecular weight is 287 g/mol. The molecular formula is C16H21N3O2. The van der Waals surface area contributed by atoms with Crippen molar-refractivity contribution in [3.63, 3.8) is 0 Å². The standard InChI is InChI=1S/C16H21N3O2/c1-2-10-17-13-8-4-3-7-12(13)15(20)19-14-9-5-6-11-18-16(14)21/h2-4,7-8,14,17H,1,5-6,9-11H2,(H,18,21)(H,19,20)/t14-/m0/s1. The van der Waals surface area contributed by atoms with E-state index in [2.05, 4.69) is 22.5 Å². The minimum absolute atomic E-state index is 0.0996. The Hall–Kier alpha value is -2.30. The SMILES string of the molecule is C=CCNc1ccccc1C(=O)N[C@H]1CCCCNC1=O. The molecule has 1 heterocycles. The van der Waals surface area contributed by atoms with Gasteiger partial charge >= 0.3 is 0 Å². The Morgan fingerprint density at radius 2 is 2.19 bits per heavy atom. The molecule has 0 spiro atoms. The van der Waals surface area contributed by atoms with Crippen molar-refractivity contribution in [3.8, 4) is 0 Å². The first-order valence-electron chi connectivity index (χ1n) is 7.24. The van der Waals surface area contributed by atoms with E-state index in [1.807, 2.05) is 12.1 Å². The summed E-state index contributed by atoms with van der Waals surface area (Å²) in [6.45, 7) is 4.91. The van der Waals surface area contributed by atoms with Gasteiger partial charge in [-0.15, -0.1) is 6.58 Å². The molecular weight excluding hydrogens is 266 g/mol. The Morgan fingerprint density at radius 1 is 1.38 bits per heavy atom. The fourth-order valence-corrected chi connectivity index (χ4v) is 2.33. The zero-order valence-corrected chi connectivity index (χ0v) is 12.0. The summed E-state index contributed by atoms with van der Waals surface area (Å²) < 4.78 is 0. The number of nitrogens with one attached hydrogen (secondary N) is 3. The molecule has 1 aromatic carbocycles. The van der Waals surface area contributed by atoms with Crippen molar-refractivity contribution in [3.05, 3.63) is 42.5 Å². The molecule has 0 radical (unpaired) electrons. The van der Waals surface area contributed by atoms with E-state index in [1.54, 1.807) is 18.2 Å². The van der Waals surface area contributed by atoms with Gasteiger partial charge < -0.3 is 16.0 Å². The van der Waals surface area contributed by atoms with Crippen LogP contribution in [0.1, 0.15) is 29.6 Å². The van der Waals surface area contributed by atoms with Crippen LogP contribution in [0.15, 0.2) is 36.9 Å². The zero-order chi connectivity index (χ0) is 15.1. The van der Waals surface area contributed by atoms with E-state index in [9.17, 15) is 9.59 Å². The van der Waals surface area contributed by atoms with E-state index in [4.69, 9.17) is 0 Å². The van der Waals surface area contributed by atoms with Crippen LogP contribution >= 0.6 is 0 Å². The summed E-state index contributed by atoms with van der Waals surface area (Å²) in [5, 5.41) is 8.77. The number of benzene rings is 1. The van der Waals surface area contributed by atoms with Gasteiger partial charge in [-0.05, 0) is 31.4 Å². The highest BCUT2D eigenvalue weighted by atomic mass is 16.2. The lowest BCUT2D eigenvalue weighted by Gasteiger charge is -2.17. The molecule has 0 aromatic heterocycles. The number of hydrogen-bond donors (Lipinski definition) is 3. The molecule has 21 heavy (non-hydrogen) atoms. The molecule has 1 saturated heterocycles. The third-order valence-corrected chi connectivity index (χ3v) is 3.45. The van der Waals surface area contributed by atoms with Crippen molar-refractivity contribution in [2.24, 2.45) is 0 Å². The van der Waals surface area contributed by atoms with Crippen LogP contribution in [0.25, 0.3) is 0 Å². The van der Waals surface area contributed by atoms with Gasteiger partial charge in [0.1, 0.15) is 6.04 Å². The summed E-state index contributed by atoms with van der Waals surface area (Å²) in [6, 6.07) is 6.80. The van der Waals surface area contributed by atoms with Crippen LogP contribution in [0, 0.1) is 0 Å².